The fourth-order valence-electron chi connectivity index (χ4n) is 1.41. The van der Waals surface area contributed by atoms with Crippen LogP contribution in [0.15, 0.2) is 45.3 Å². The highest BCUT2D eigenvalue weighted by atomic mass is 79.9. The van der Waals surface area contributed by atoms with Crippen LogP contribution in [0.25, 0.3) is 11.1 Å². The first-order chi connectivity index (χ1) is 7.58. The van der Waals surface area contributed by atoms with Gasteiger partial charge in [0.15, 0.2) is 0 Å². The van der Waals surface area contributed by atoms with Crippen molar-refractivity contribution >= 4 is 55.1 Å². The molecule has 16 heavy (non-hydrogen) atoms. The van der Waals surface area contributed by atoms with Crippen LogP contribution in [0, 0.1) is 0 Å². The molecule has 0 fully saturated rings. The largest absolute Gasteiger partial charge is 0.0843 e. The third-order valence-corrected chi connectivity index (χ3v) is 3.97. The summed E-state index contributed by atoms with van der Waals surface area (Å²) in [4.78, 5) is 0. The Hall–Kier alpha value is -0.0200. The topological polar surface area (TPSA) is 0 Å². The van der Waals surface area contributed by atoms with Gasteiger partial charge in [-0.25, -0.2) is 0 Å². The molecule has 0 nitrogen and oxygen atoms in total. The van der Waals surface area contributed by atoms with Crippen molar-refractivity contribution in [3.8, 4) is 11.1 Å². The maximum absolute atomic E-state index is 5.99. The van der Waals surface area contributed by atoms with Crippen LogP contribution in [0.5, 0.6) is 0 Å². The van der Waals surface area contributed by atoms with Gasteiger partial charge in [0.2, 0.25) is 0 Å². The monoisotopic (exact) mass is 378 g/mol. The Bertz CT molecular complexity index is 539. The Morgan fingerprint density at radius 3 is 2.00 bits per heavy atom. The Labute approximate surface area is 121 Å². The van der Waals surface area contributed by atoms with Crippen LogP contribution in [0.3, 0.4) is 0 Å². The van der Waals surface area contributed by atoms with E-state index in [1.54, 1.807) is 0 Å². The van der Waals surface area contributed by atoms with E-state index in [1.165, 1.54) is 0 Å². The van der Waals surface area contributed by atoms with Gasteiger partial charge in [-0.2, -0.15) is 0 Å². The van der Waals surface area contributed by atoms with Crippen LogP contribution >= 0.6 is 55.1 Å². The Kier molecular flexibility index (Phi) is 3.96. The van der Waals surface area contributed by atoms with E-state index < -0.39 is 0 Å². The van der Waals surface area contributed by atoms with Gasteiger partial charge in [0, 0.05) is 19.0 Å². The van der Waals surface area contributed by atoms with Crippen LogP contribution in [-0.2, 0) is 0 Å². The van der Waals surface area contributed by atoms with Gasteiger partial charge in [-0.3, -0.25) is 0 Å². The summed E-state index contributed by atoms with van der Waals surface area (Å²) in [6.45, 7) is 0. The molecule has 0 aromatic heterocycles. The lowest BCUT2D eigenvalue weighted by Crippen LogP contribution is -1.82. The minimum atomic E-state index is 0.703. The van der Waals surface area contributed by atoms with E-state index >= 15 is 0 Å². The van der Waals surface area contributed by atoms with Gasteiger partial charge in [-0.1, -0.05) is 61.1 Å². The highest BCUT2D eigenvalue weighted by molar-refractivity contribution is 9.11. The first kappa shape index (κ1) is 12.4. The summed E-state index contributed by atoms with van der Waals surface area (Å²) < 4.78 is 1.95. The normalized spacial score (nSPS) is 10.5. The summed E-state index contributed by atoms with van der Waals surface area (Å²) in [6.07, 6.45) is 0. The van der Waals surface area contributed by atoms with E-state index in [2.05, 4.69) is 31.9 Å². The van der Waals surface area contributed by atoms with Crippen molar-refractivity contribution in [3.63, 3.8) is 0 Å². The molecule has 0 saturated carbocycles. The van der Waals surface area contributed by atoms with Crippen molar-refractivity contribution in [2.24, 2.45) is 0 Å². The van der Waals surface area contributed by atoms with Gasteiger partial charge in [0.05, 0.1) is 0 Å². The SMILES string of the molecule is Clc1ccc(-c2cc(Cl)ccc2Br)c(Br)c1. The fraction of sp³-hybridized carbons (Fsp3) is 0. The lowest BCUT2D eigenvalue weighted by atomic mass is 10.1. The molecule has 0 unspecified atom stereocenters. The summed E-state index contributed by atoms with van der Waals surface area (Å²) in [5, 5.41) is 1.41. The van der Waals surface area contributed by atoms with E-state index in [0.717, 1.165) is 20.1 Å². The second-order valence-electron chi connectivity index (χ2n) is 3.25. The molecule has 0 bridgehead atoms. The van der Waals surface area contributed by atoms with Crippen molar-refractivity contribution in [2.75, 3.05) is 0 Å². The maximum Gasteiger partial charge on any atom is 0.0417 e. The smallest absolute Gasteiger partial charge is 0.0417 e. The average Bonchev–Trinajstić information content (AvgIpc) is 2.22. The number of hydrogen-bond acceptors (Lipinski definition) is 0. The van der Waals surface area contributed by atoms with Crippen LogP contribution < -0.4 is 0 Å². The molecule has 4 heteroatoms. The molecule has 82 valence electrons. The number of halogens is 4. The zero-order chi connectivity index (χ0) is 11.7. The van der Waals surface area contributed by atoms with Crippen LogP contribution in [-0.4, -0.2) is 0 Å². The Morgan fingerprint density at radius 1 is 0.688 bits per heavy atom. The van der Waals surface area contributed by atoms with Crippen LogP contribution in [0.2, 0.25) is 10.0 Å². The van der Waals surface area contributed by atoms with Gasteiger partial charge in [-0.05, 0) is 41.5 Å². The molecular weight excluding hydrogens is 375 g/mol. The molecule has 2 rings (SSSR count). The average molecular weight is 381 g/mol. The van der Waals surface area contributed by atoms with Gasteiger partial charge in [0.1, 0.15) is 0 Å². The molecule has 0 spiro atoms. The van der Waals surface area contributed by atoms with Crippen molar-refractivity contribution < 1.29 is 0 Å². The Balaban J connectivity index is 2.62. The lowest BCUT2D eigenvalue weighted by Gasteiger charge is -2.08. The lowest BCUT2D eigenvalue weighted by molar-refractivity contribution is 1.56. The molecule has 2 aromatic rings. The van der Waals surface area contributed by atoms with Crippen LogP contribution in [0.4, 0.5) is 0 Å². The van der Waals surface area contributed by atoms with Gasteiger partial charge in [0.25, 0.3) is 0 Å². The Morgan fingerprint density at radius 2 is 1.31 bits per heavy atom. The predicted molar refractivity (Wildman–Crippen MR) is 77.3 cm³/mol. The molecule has 0 aliphatic carbocycles. The van der Waals surface area contributed by atoms with E-state index in [1.807, 2.05) is 36.4 Å². The quantitative estimate of drug-likeness (QED) is 0.553. The van der Waals surface area contributed by atoms with Gasteiger partial charge in [-0.15, -0.1) is 0 Å². The zero-order valence-corrected chi connectivity index (χ0v) is 12.7. The molecule has 0 N–H and O–H groups in total. The van der Waals surface area contributed by atoms with Crippen molar-refractivity contribution in [3.05, 3.63) is 55.4 Å². The van der Waals surface area contributed by atoms with Crippen molar-refractivity contribution in [1.29, 1.82) is 0 Å². The van der Waals surface area contributed by atoms with E-state index in [0.29, 0.717) is 10.0 Å². The summed E-state index contributed by atoms with van der Waals surface area (Å²) in [5.74, 6) is 0. The first-order valence-electron chi connectivity index (χ1n) is 4.48. The summed E-state index contributed by atoms with van der Waals surface area (Å²) in [6, 6.07) is 11.4. The van der Waals surface area contributed by atoms with Crippen LogP contribution in [0.1, 0.15) is 0 Å². The van der Waals surface area contributed by atoms with E-state index in [9.17, 15) is 0 Å². The number of rotatable bonds is 1. The van der Waals surface area contributed by atoms with E-state index in [-0.39, 0.29) is 0 Å². The summed E-state index contributed by atoms with van der Waals surface area (Å²) >= 11 is 18.9. The molecule has 2 aromatic carbocycles. The standard InChI is InChI=1S/C12H6Br2Cl2/c13-11-4-2-7(15)5-10(11)9-3-1-8(16)6-12(9)14/h1-6H. The number of hydrogen-bond donors (Lipinski definition) is 0. The van der Waals surface area contributed by atoms with Crippen molar-refractivity contribution in [1.82, 2.24) is 0 Å². The third kappa shape index (κ3) is 2.62. The molecule has 0 radical (unpaired) electrons. The molecule has 0 aliphatic heterocycles. The van der Waals surface area contributed by atoms with Gasteiger partial charge < -0.3 is 0 Å². The summed E-state index contributed by atoms with van der Waals surface area (Å²) in [7, 11) is 0. The van der Waals surface area contributed by atoms with E-state index in [4.69, 9.17) is 23.2 Å². The van der Waals surface area contributed by atoms with Crippen molar-refractivity contribution in [2.45, 2.75) is 0 Å². The molecule has 0 aliphatic rings. The fourth-order valence-corrected chi connectivity index (χ4v) is 2.94. The molecule has 0 saturated heterocycles. The number of benzene rings is 2. The summed E-state index contributed by atoms with van der Waals surface area (Å²) in [5.41, 5.74) is 2.09. The molecule has 0 atom stereocenters. The van der Waals surface area contributed by atoms with Gasteiger partial charge >= 0.3 is 0 Å². The second kappa shape index (κ2) is 5.09. The molecular formula is C12H6Br2Cl2. The zero-order valence-electron chi connectivity index (χ0n) is 7.98. The second-order valence-corrected chi connectivity index (χ2v) is 5.83. The molecule has 0 amide bonds. The molecule has 0 heterocycles. The third-order valence-electron chi connectivity index (χ3n) is 2.15. The minimum Gasteiger partial charge on any atom is -0.0843 e. The minimum absolute atomic E-state index is 0.703. The highest BCUT2D eigenvalue weighted by Gasteiger charge is 2.08. The first-order valence-corrected chi connectivity index (χ1v) is 6.82. The predicted octanol–water partition coefficient (Wildman–Crippen LogP) is 6.19. The highest BCUT2D eigenvalue weighted by Crippen LogP contribution is 2.36. The maximum atomic E-state index is 5.99.